The van der Waals surface area contributed by atoms with Gasteiger partial charge in [0.25, 0.3) is 0 Å². The van der Waals surface area contributed by atoms with E-state index in [4.69, 9.17) is 4.74 Å². The van der Waals surface area contributed by atoms with Crippen LogP contribution in [0.1, 0.15) is 5.56 Å². The summed E-state index contributed by atoms with van der Waals surface area (Å²) in [7, 11) is 1.71. The first-order valence-corrected chi connectivity index (χ1v) is 8.31. The molecule has 0 spiro atoms. The molecule has 2 aromatic heterocycles. The Bertz CT molecular complexity index is 819. The summed E-state index contributed by atoms with van der Waals surface area (Å²) in [5, 5.41) is 6.88. The maximum Gasteiger partial charge on any atom is 0.134 e. The maximum absolute atomic E-state index is 5.21. The van der Waals surface area contributed by atoms with Crippen molar-refractivity contribution in [3.63, 3.8) is 0 Å². The summed E-state index contributed by atoms with van der Waals surface area (Å²) in [4.78, 5) is 8.02. The molecule has 0 fully saturated rings. The van der Waals surface area contributed by atoms with E-state index < -0.39 is 0 Å². The van der Waals surface area contributed by atoms with E-state index in [1.807, 2.05) is 36.4 Å². The molecule has 0 bridgehead atoms. The van der Waals surface area contributed by atoms with Crippen LogP contribution in [0.2, 0.25) is 0 Å². The number of thioether (sulfide) groups is 1. The molecule has 1 aliphatic rings. The first-order chi connectivity index (χ1) is 11.3. The lowest BCUT2D eigenvalue weighted by atomic mass is 10.1. The van der Waals surface area contributed by atoms with Crippen molar-refractivity contribution in [1.82, 2.24) is 15.2 Å². The summed E-state index contributed by atoms with van der Waals surface area (Å²) in [5.41, 5.74) is 4.61. The molecular weight excluding hydrogens is 308 g/mol. The summed E-state index contributed by atoms with van der Waals surface area (Å²) in [6.45, 7) is 0.600. The Morgan fingerprint density at radius 1 is 1.26 bits per heavy atom. The Balaban J connectivity index is 1.67. The van der Waals surface area contributed by atoms with E-state index in [1.54, 1.807) is 7.11 Å². The van der Waals surface area contributed by atoms with Crippen LogP contribution in [0.5, 0.6) is 0 Å². The number of rotatable bonds is 4. The summed E-state index contributed by atoms with van der Waals surface area (Å²) in [6.07, 6.45) is 5.59. The number of pyridine rings is 1. The van der Waals surface area contributed by atoms with Crippen molar-refractivity contribution >= 4 is 23.3 Å². The highest BCUT2D eigenvalue weighted by molar-refractivity contribution is 7.99. The molecule has 0 saturated heterocycles. The van der Waals surface area contributed by atoms with Gasteiger partial charge in [0, 0.05) is 30.0 Å². The summed E-state index contributed by atoms with van der Waals surface area (Å²) < 4.78 is 5.21. The highest BCUT2D eigenvalue weighted by atomic mass is 32.2. The van der Waals surface area contributed by atoms with Crippen molar-refractivity contribution in [3.8, 4) is 11.1 Å². The number of aromatic amines is 1. The van der Waals surface area contributed by atoms with Gasteiger partial charge in [-0.05, 0) is 35.4 Å². The first kappa shape index (κ1) is 14.3. The van der Waals surface area contributed by atoms with Crippen LogP contribution in [0.4, 0.5) is 11.5 Å². The molecule has 23 heavy (non-hydrogen) atoms. The SMILES string of the molecule is COCc1ccnc(N2CSc3cc(-c4cn[nH]c4)ccc32)c1. The fourth-order valence-electron chi connectivity index (χ4n) is 2.70. The largest absolute Gasteiger partial charge is 0.380 e. The molecule has 6 heteroatoms. The number of benzene rings is 1. The minimum atomic E-state index is 0.600. The molecule has 116 valence electrons. The van der Waals surface area contributed by atoms with Gasteiger partial charge in [-0.3, -0.25) is 5.10 Å². The molecule has 0 amide bonds. The molecule has 0 saturated carbocycles. The third kappa shape index (κ3) is 2.71. The van der Waals surface area contributed by atoms with Gasteiger partial charge in [-0.15, -0.1) is 11.8 Å². The van der Waals surface area contributed by atoms with Gasteiger partial charge in [0.05, 0.1) is 24.4 Å². The molecule has 3 aromatic rings. The number of methoxy groups -OCH3 is 1. The molecule has 3 heterocycles. The van der Waals surface area contributed by atoms with Crippen LogP contribution in [0.25, 0.3) is 11.1 Å². The van der Waals surface area contributed by atoms with Crippen LogP contribution >= 0.6 is 11.8 Å². The Morgan fingerprint density at radius 2 is 2.22 bits per heavy atom. The summed E-state index contributed by atoms with van der Waals surface area (Å²) >= 11 is 1.83. The number of ether oxygens (including phenoxy) is 1. The second-order valence-corrected chi connectivity index (χ2v) is 6.31. The quantitative estimate of drug-likeness (QED) is 0.790. The second-order valence-electron chi connectivity index (χ2n) is 5.33. The average molecular weight is 324 g/mol. The normalized spacial score (nSPS) is 13.3. The fourth-order valence-corrected chi connectivity index (χ4v) is 3.77. The number of hydrogen-bond acceptors (Lipinski definition) is 5. The number of H-pyrrole nitrogens is 1. The van der Waals surface area contributed by atoms with Crippen molar-refractivity contribution in [2.24, 2.45) is 0 Å². The average Bonchev–Trinajstić information content (AvgIpc) is 3.24. The molecule has 0 atom stereocenters. The number of aromatic nitrogens is 3. The lowest BCUT2D eigenvalue weighted by Crippen LogP contribution is -2.13. The zero-order chi connectivity index (χ0) is 15.6. The van der Waals surface area contributed by atoms with Gasteiger partial charge in [0.1, 0.15) is 5.82 Å². The predicted molar refractivity (Wildman–Crippen MR) is 91.8 cm³/mol. The third-order valence-corrected chi connectivity index (χ3v) is 4.85. The molecule has 1 aliphatic heterocycles. The van der Waals surface area contributed by atoms with Gasteiger partial charge in [-0.1, -0.05) is 6.07 Å². The fraction of sp³-hybridized carbons (Fsp3) is 0.176. The van der Waals surface area contributed by atoms with Gasteiger partial charge in [0.15, 0.2) is 0 Å². The molecule has 4 rings (SSSR count). The molecular formula is C17H16N4OS. The van der Waals surface area contributed by atoms with Crippen molar-refractivity contribution < 1.29 is 4.74 Å². The van der Waals surface area contributed by atoms with Crippen LogP contribution in [-0.2, 0) is 11.3 Å². The topological polar surface area (TPSA) is 54.0 Å². The van der Waals surface area contributed by atoms with Crippen LogP contribution in [0.15, 0.2) is 53.8 Å². The standard InChI is InChI=1S/C17H16N4OS/c1-22-10-12-4-5-18-17(6-12)21-11-23-16-7-13(2-3-15(16)21)14-8-19-20-9-14/h2-9H,10-11H2,1H3,(H,19,20). The van der Waals surface area contributed by atoms with Crippen molar-refractivity contribution in [2.45, 2.75) is 11.5 Å². The molecule has 1 N–H and O–H groups in total. The summed E-state index contributed by atoms with van der Waals surface area (Å²) in [5.74, 6) is 1.83. The lowest BCUT2D eigenvalue weighted by molar-refractivity contribution is 0.185. The smallest absolute Gasteiger partial charge is 0.134 e. The Labute approximate surface area is 138 Å². The van der Waals surface area contributed by atoms with Crippen LogP contribution in [0.3, 0.4) is 0 Å². The van der Waals surface area contributed by atoms with E-state index >= 15 is 0 Å². The zero-order valence-corrected chi connectivity index (χ0v) is 13.5. The van der Waals surface area contributed by atoms with E-state index in [1.165, 1.54) is 16.1 Å². The minimum absolute atomic E-state index is 0.600. The third-order valence-electron chi connectivity index (χ3n) is 3.83. The molecule has 0 radical (unpaired) electrons. The van der Waals surface area contributed by atoms with E-state index in [0.717, 1.165) is 22.8 Å². The Hall–Kier alpha value is -2.31. The van der Waals surface area contributed by atoms with Gasteiger partial charge >= 0.3 is 0 Å². The van der Waals surface area contributed by atoms with Crippen LogP contribution in [0, 0.1) is 0 Å². The van der Waals surface area contributed by atoms with E-state index in [-0.39, 0.29) is 0 Å². The van der Waals surface area contributed by atoms with Crippen LogP contribution < -0.4 is 4.90 Å². The minimum Gasteiger partial charge on any atom is -0.380 e. The molecule has 1 aromatic carbocycles. The zero-order valence-electron chi connectivity index (χ0n) is 12.7. The van der Waals surface area contributed by atoms with Gasteiger partial charge in [-0.2, -0.15) is 5.10 Å². The predicted octanol–water partition coefficient (Wildman–Crippen LogP) is 3.82. The maximum atomic E-state index is 5.21. The van der Waals surface area contributed by atoms with Crippen molar-refractivity contribution in [1.29, 1.82) is 0 Å². The van der Waals surface area contributed by atoms with E-state index in [9.17, 15) is 0 Å². The first-order valence-electron chi connectivity index (χ1n) is 7.32. The Morgan fingerprint density at radius 3 is 3.04 bits per heavy atom. The van der Waals surface area contributed by atoms with E-state index in [2.05, 4.69) is 44.3 Å². The molecule has 5 nitrogen and oxygen atoms in total. The number of anilines is 2. The van der Waals surface area contributed by atoms with Crippen molar-refractivity contribution in [3.05, 3.63) is 54.5 Å². The van der Waals surface area contributed by atoms with Gasteiger partial charge < -0.3 is 9.64 Å². The number of nitrogens with one attached hydrogen (secondary N) is 1. The Kier molecular flexibility index (Phi) is 3.77. The van der Waals surface area contributed by atoms with Crippen molar-refractivity contribution in [2.75, 3.05) is 17.9 Å². The second kappa shape index (κ2) is 6.06. The highest BCUT2D eigenvalue weighted by Crippen LogP contribution is 2.43. The molecule has 0 aliphatic carbocycles. The number of hydrogen-bond donors (Lipinski definition) is 1. The highest BCUT2D eigenvalue weighted by Gasteiger charge is 2.22. The van der Waals surface area contributed by atoms with Gasteiger partial charge in [0.2, 0.25) is 0 Å². The summed E-state index contributed by atoms with van der Waals surface area (Å²) in [6, 6.07) is 10.6. The van der Waals surface area contributed by atoms with Gasteiger partial charge in [-0.25, -0.2) is 4.98 Å². The van der Waals surface area contributed by atoms with Crippen LogP contribution in [-0.4, -0.2) is 28.2 Å². The molecule has 0 unspecified atom stereocenters. The number of fused-ring (bicyclic) bond motifs is 1. The number of nitrogens with zero attached hydrogens (tertiary/aromatic N) is 3. The monoisotopic (exact) mass is 324 g/mol. The lowest BCUT2D eigenvalue weighted by Gasteiger charge is -2.18. The van der Waals surface area contributed by atoms with E-state index in [0.29, 0.717) is 6.61 Å².